The van der Waals surface area contributed by atoms with Gasteiger partial charge in [-0.3, -0.25) is 9.69 Å². The van der Waals surface area contributed by atoms with Crippen LogP contribution in [0.3, 0.4) is 0 Å². The van der Waals surface area contributed by atoms with E-state index in [1.165, 1.54) is 6.33 Å². The number of carbonyl (C=O) groups excluding carboxylic acids is 1. The van der Waals surface area contributed by atoms with Crippen molar-refractivity contribution in [2.75, 3.05) is 32.5 Å². The fraction of sp³-hybridized carbons (Fsp3) is 0.318. The van der Waals surface area contributed by atoms with E-state index in [2.05, 4.69) is 39.4 Å². The van der Waals surface area contributed by atoms with Crippen LogP contribution in [0.4, 0.5) is 5.82 Å². The van der Waals surface area contributed by atoms with E-state index in [0.717, 1.165) is 55.2 Å². The van der Waals surface area contributed by atoms with Crippen LogP contribution in [0.25, 0.3) is 26.0 Å². The first-order chi connectivity index (χ1) is 15.5. The fourth-order valence-corrected chi connectivity index (χ4v) is 5.65. The maximum absolute atomic E-state index is 11.9. The van der Waals surface area contributed by atoms with Gasteiger partial charge in [0.15, 0.2) is 5.82 Å². The summed E-state index contributed by atoms with van der Waals surface area (Å²) in [4.78, 5) is 19.3. The van der Waals surface area contributed by atoms with E-state index >= 15 is 0 Å². The highest BCUT2D eigenvalue weighted by molar-refractivity contribution is 7.22. The predicted molar refractivity (Wildman–Crippen MR) is 126 cm³/mol. The third-order valence-electron chi connectivity index (χ3n) is 5.85. The molecule has 1 aliphatic heterocycles. The number of fused-ring (bicyclic) bond motifs is 2. The molecule has 1 saturated heterocycles. The van der Waals surface area contributed by atoms with E-state index in [9.17, 15) is 4.79 Å². The van der Waals surface area contributed by atoms with Gasteiger partial charge in [0.25, 0.3) is 0 Å². The number of hydrogen-bond acceptors (Lipinski definition) is 8. The largest absolute Gasteiger partial charge is 0.495 e. The number of benzene rings is 1. The number of methoxy groups -OCH3 is 1. The Morgan fingerprint density at radius 2 is 2.16 bits per heavy atom. The number of carbonyl (C=O) groups is 1. The molecule has 0 aliphatic carbocycles. The number of aryl methyl sites for hydroxylation is 1. The van der Waals surface area contributed by atoms with Crippen LogP contribution >= 0.6 is 11.3 Å². The monoisotopic (exact) mass is 451 g/mol. The number of nitrogens with two attached hydrogens (primary N) is 2. The van der Waals surface area contributed by atoms with Gasteiger partial charge in [-0.25, -0.2) is 9.50 Å². The zero-order valence-electron chi connectivity index (χ0n) is 18.0. The van der Waals surface area contributed by atoms with E-state index in [-0.39, 0.29) is 5.91 Å². The first-order valence-electron chi connectivity index (χ1n) is 10.4. The minimum absolute atomic E-state index is 0.0211. The third-order valence-corrected chi connectivity index (χ3v) is 7.03. The Morgan fingerprint density at radius 1 is 1.31 bits per heavy atom. The molecule has 10 heteroatoms. The summed E-state index contributed by atoms with van der Waals surface area (Å²) >= 11 is 1.64. The van der Waals surface area contributed by atoms with Crippen molar-refractivity contribution in [1.82, 2.24) is 24.8 Å². The lowest BCUT2D eigenvalue weighted by Gasteiger charge is -2.26. The van der Waals surface area contributed by atoms with Gasteiger partial charge in [0.1, 0.15) is 17.6 Å². The number of nitrogen functional groups attached to an aromatic ring is 1. The van der Waals surface area contributed by atoms with Crippen LogP contribution in [0.1, 0.15) is 16.8 Å². The summed E-state index contributed by atoms with van der Waals surface area (Å²) in [7, 11) is 1.69. The zero-order valence-corrected chi connectivity index (χ0v) is 18.8. The van der Waals surface area contributed by atoms with Crippen molar-refractivity contribution >= 4 is 38.7 Å². The second-order valence-electron chi connectivity index (χ2n) is 7.97. The topological polar surface area (TPSA) is 124 Å². The second kappa shape index (κ2) is 8.05. The lowest BCUT2D eigenvalue weighted by atomic mass is 10.1. The Labute approximate surface area is 189 Å². The van der Waals surface area contributed by atoms with Crippen LogP contribution in [0.5, 0.6) is 5.75 Å². The van der Waals surface area contributed by atoms with Gasteiger partial charge >= 0.3 is 0 Å². The van der Waals surface area contributed by atoms with Gasteiger partial charge in [-0.15, -0.1) is 11.3 Å². The van der Waals surface area contributed by atoms with Gasteiger partial charge < -0.3 is 21.5 Å². The average molecular weight is 452 g/mol. The normalized spacial score (nSPS) is 14.9. The molecule has 32 heavy (non-hydrogen) atoms. The molecule has 4 heterocycles. The number of ether oxygens (including phenoxy) is 1. The summed E-state index contributed by atoms with van der Waals surface area (Å²) in [5.41, 5.74) is 17.4. The van der Waals surface area contributed by atoms with Gasteiger partial charge in [-0.05, 0) is 35.6 Å². The maximum atomic E-state index is 11.9. The molecule has 0 bridgehead atoms. The number of amides is 1. The molecule has 5 rings (SSSR count). The summed E-state index contributed by atoms with van der Waals surface area (Å²) < 4.78 is 8.53. The average Bonchev–Trinajstić information content (AvgIpc) is 3.32. The summed E-state index contributed by atoms with van der Waals surface area (Å²) in [5.74, 6) is 1.26. The summed E-state index contributed by atoms with van der Waals surface area (Å²) in [6.07, 6.45) is 1.45. The van der Waals surface area contributed by atoms with E-state index in [4.69, 9.17) is 16.2 Å². The molecule has 1 fully saturated rings. The molecule has 5 N–H and O–H groups in total. The Bertz CT molecular complexity index is 1340. The SMILES string of the molecule is COc1cc(C)cc2cc(-c3c(CN)c(CN4CCNC(=O)C4)n4ncnc(N)c34)sc12. The fourth-order valence-electron chi connectivity index (χ4n) is 4.45. The summed E-state index contributed by atoms with van der Waals surface area (Å²) in [6.45, 7) is 4.64. The lowest BCUT2D eigenvalue weighted by Crippen LogP contribution is -2.47. The number of thiophene rings is 1. The van der Waals surface area contributed by atoms with Gasteiger partial charge in [0.05, 0.1) is 24.0 Å². The number of hydrogen-bond donors (Lipinski definition) is 3. The van der Waals surface area contributed by atoms with Crippen molar-refractivity contribution in [3.63, 3.8) is 0 Å². The molecule has 1 amide bonds. The summed E-state index contributed by atoms with van der Waals surface area (Å²) in [6, 6.07) is 6.33. The van der Waals surface area contributed by atoms with Crippen molar-refractivity contribution in [3.8, 4) is 16.2 Å². The maximum Gasteiger partial charge on any atom is 0.234 e. The molecule has 0 unspecified atom stereocenters. The summed E-state index contributed by atoms with van der Waals surface area (Å²) in [5, 5.41) is 8.48. The van der Waals surface area contributed by atoms with Crippen molar-refractivity contribution in [1.29, 1.82) is 0 Å². The number of nitrogens with zero attached hydrogens (tertiary/aromatic N) is 4. The minimum atomic E-state index is 0.0211. The number of rotatable bonds is 5. The van der Waals surface area contributed by atoms with Crippen molar-refractivity contribution in [3.05, 3.63) is 41.3 Å². The van der Waals surface area contributed by atoms with Crippen molar-refractivity contribution in [2.45, 2.75) is 20.0 Å². The molecule has 1 aromatic carbocycles. The van der Waals surface area contributed by atoms with E-state index in [0.29, 0.717) is 32.0 Å². The first-order valence-corrected chi connectivity index (χ1v) is 11.2. The first kappa shape index (κ1) is 20.7. The molecule has 4 aromatic rings. The predicted octanol–water partition coefficient (Wildman–Crippen LogP) is 1.90. The Hall–Kier alpha value is -3.21. The molecular formula is C22H25N7O2S. The standard InChI is InChI=1S/C22H25N7O2S/c1-12-5-13-7-17(32-21(13)16(6-12)31-2)19-14(8-23)15(9-28-4-3-25-18(30)10-28)29-20(19)22(24)26-11-27-29/h5-7,11H,3-4,8-10,23H2,1-2H3,(H,25,30)(H2,24,26,27). The Kier molecular flexibility index (Phi) is 5.20. The molecule has 3 aromatic heterocycles. The number of anilines is 1. The molecule has 0 saturated carbocycles. The second-order valence-corrected chi connectivity index (χ2v) is 9.02. The van der Waals surface area contributed by atoms with Crippen LogP contribution in [-0.4, -0.2) is 52.1 Å². The van der Waals surface area contributed by atoms with Crippen LogP contribution in [-0.2, 0) is 17.9 Å². The smallest absolute Gasteiger partial charge is 0.234 e. The van der Waals surface area contributed by atoms with E-state index in [1.807, 2.05) is 10.6 Å². The molecule has 0 spiro atoms. The van der Waals surface area contributed by atoms with Gasteiger partial charge in [0.2, 0.25) is 5.91 Å². The molecule has 166 valence electrons. The van der Waals surface area contributed by atoms with Gasteiger partial charge in [-0.1, -0.05) is 6.07 Å². The van der Waals surface area contributed by atoms with E-state index in [1.54, 1.807) is 18.4 Å². The van der Waals surface area contributed by atoms with Gasteiger partial charge in [-0.2, -0.15) is 5.10 Å². The minimum Gasteiger partial charge on any atom is -0.495 e. The molecule has 0 atom stereocenters. The Morgan fingerprint density at radius 3 is 2.91 bits per heavy atom. The quantitative estimate of drug-likeness (QED) is 0.423. The zero-order chi connectivity index (χ0) is 22.4. The van der Waals surface area contributed by atoms with E-state index < -0.39 is 0 Å². The molecule has 1 aliphatic rings. The number of piperazine rings is 1. The number of aromatic nitrogens is 3. The third kappa shape index (κ3) is 3.36. The van der Waals surface area contributed by atoms with Crippen LogP contribution in [0, 0.1) is 6.92 Å². The lowest BCUT2D eigenvalue weighted by molar-refractivity contribution is -0.124. The van der Waals surface area contributed by atoms with Crippen LogP contribution < -0.4 is 21.5 Å². The van der Waals surface area contributed by atoms with Crippen LogP contribution in [0.15, 0.2) is 24.5 Å². The Balaban J connectivity index is 1.73. The van der Waals surface area contributed by atoms with Crippen molar-refractivity contribution in [2.24, 2.45) is 5.73 Å². The molecular weight excluding hydrogens is 426 g/mol. The highest BCUT2D eigenvalue weighted by atomic mass is 32.1. The molecule has 9 nitrogen and oxygen atoms in total. The van der Waals surface area contributed by atoms with Crippen LogP contribution in [0.2, 0.25) is 0 Å². The molecule has 0 radical (unpaired) electrons. The number of nitrogens with one attached hydrogen (secondary N) is 1. The highest BCUT2D eigenvalue weighted by Gasteiger charge is 2.26. The highest BCUT2D eigenvalue weighted by Crippen LogP contribution is 2.44. The van der Waals surface area contributed by atoms with Crippen molar-refractivity contribution < 1.29 is 9.53 Å². The van der Waals surface area contributed by atoms with Gasteiger partial charge in [0, 0.05) is 36.6 Å².